The van der Waals surface area contributed by atoms with Crippen LogP contribution in [-0.2, 0) is 21.1 Å². The summed E-state index contributed by atoms with van der Waals surface area (Å²) in [7, 11) is 1.52. The number of rotatable bonds is 8. The van der Waals surface area contributed by atoms with Gasteiger partial charge in [-0.2, -0.15) is 0 Å². The van der Waals surface area contributed by atoms with Crippen LogP contribution in [0.3, 0.4) is 0 Å². The molecule has 0 N–H and O–H groups in total. The smallest absolute Gasteiger partial charge is 0.227 e. The predicted molar refractivity (Wildman–Crippen MR) is 98.9 cm³/mol. The molecule has 1 aliphatic heterocycles. The lowest BCUT2D eigenvalue weighted by molar-refractivity contribution is -0.132. The second-order valence-corrected chi connectivity index (χ2v) is 8.58. The third kappa shape index (κ3) is 4.60. The van der Waals surface area contributed by atoms with E-state index in [-0.39, 0.29) is 29.9 Å². The predicted octanol–water partition coefficient (Wildman–Crippen LogP) is 1.68. The molecule has 0 radical (unpaired) electrons. The molecule has 1 fully saturated rings. The Balaban J connectivity index is 2.23. The fraction of sp³-hybridized carbons (Fsp3) is 0.611. The molecule has 2 rings (SSSR count). The van der Waals surface area contributed by atoms with Gasteiger partial charge in [0.05, 0.1) is 39.3 Å². The first-order valence-electron chi connectivity index (χ1n) is 8.64. The summed E-state index contributed by atoms with van der Waals surface area (Å²) in [5.41, 5.74) is 0.728. The topological polar surface area (TPSA) is 82.1 Å². The number of methoxy groups -OCH3 is 3. The van der Waals surface area contributed by atoms with Crippen LogP contribution in [-0.4, -0.2) is 64.6 Å². The number of carbonyl (C=O) groups excluding carboxylic acids is 1. The highest BCUT2D eigenvalue weighted by atomic mass is 32.2. The van der Waals surface area contributed by atoms with Crippen molar-refractivity contribution in [1.82, 2.24) is 4.90 Å². The molecule has 1 atom stereocenters. The Morgan fingerprint density at radius 1 is 1.15 bits per heavy atom. The molecular weight excluding hydrogens is 358 g/mol. The fourth-order valence-electron chi connectivity index (χ4n) is 3.29. The van der Waals surface area contributed by atoms with E-state index in [0.717, 1.165) is 12.0 Å². The number of nitrogens with zero attached hydrogens (tertiary/aromatic N) is 1. The van der Waals surface area contributed by atoms with Crippen molar-refractivity contribution in [3.8, 4) is 17.2 Å². The molecular formula is C18H27NO6S. The van der Waals surface area contributed by atoms with Crippen LogP contribution in [0, 0.1) is 0 Å². The third-order valence-electron chi connectivity index (χ3n) is 4.51. The molecule has 1 saturated heterocycles. The zero-order valence-electron chi connectivity index (χ0n) is 15.8. The summed E-state index contributed by atoms with van der Waals surface area (Å²) in [4.78, 5) is 14.6. The quantitative estimate of drug-likeness (QED) is 0.677. The highest BCUT2D eigenvalue weighted by Gasteiger charge is 2.34. The number of amides is 1. The van der Waals surface area contributed by atoms with Crippen LogP contribution in [0.15, 0.2) is 12.1 Å². The first kappa shape index (κ1) is 20.4. The zero-order chi connectivity index (χ0) is 19.3. The van der Waals surface area contributed by atoms with Crippen LogP contribution in [0.1, 0.15) is 25.3 Å². The van der Waals surface area contributed by atoms with Crippen molar-refractivity contribution in [1.29, 1.82) is 0 Å². The Morgan fingerprint density at radius 3 is 2.19 bits per heavy atom. The van der Waals surface area contributed by atoms with E-state index in [2.05, 4.69) is 0 Å². The summed E-state index contributed by atoms with van der Waals surface area (Å²) in [6.07, 6.45) is 1.42. The Kier molecular flexibility index (Phi) is 6.75. The third-order valence-corrected chi connectivity index (χ3v) is 6.26. The molecule has 0 saturated carbocycles. The van der Waals surface area contributed by atoms with Crippen LogP contribution in [0.5, 0.6) is 17.2 Å². The van der Waals surface area contributed by atoms with E-state index in [1.165, 1.54) is 21.3 Å². The summed E-state index contributed by atoms with van der Waals surface area (Å²) >= 11 is 0. The van der Waals surface area contributed by atoms with Crippen molar-refractivity contribution in [2.24, 2.45) is 0 Å². The Hall–Kier alpha value is -1.96. The van der Waals surface area contributed by atoms with Crippen LogP contribution < -0.4 is 14.2 Å². The first-order valence-corrected chi connectivity index (χ1v) is 10.5. The molecule has 0 unspecified atom stereocenters. The van der Waals surface area contributed by atoms with Crippen LogP contribution >= 0.6 is 0 Å². The maximum absolute atomic E-state index is 12.9. The lowest BCUT2D eigenvalue weighted by Gasteiger charge is -2.28. The first-order chi connectivity index (χ1) is 12.3. The lowest BCUT2D eigenvalue weighted by atomic mass is 10.1. The Bertz CT molecular complexity index is 721. The fourth-order valence-corrected chi connectivity index (χ4v) is 5.02. The van der Waals surface area contributed by atoms with Gasteiger partial charge in [-0.05, 0) is 30.5 Å². The molecule has 146 valence electrons. The van der Waals surface area contributed by atoms with Crippen molar-refractivity contribution >= 4 is 15.7 Å². The number of benzene rings is 1. The zero-order valence-corrected chi connectivity index (χ0v) is 16.6. The average molecular weight is 385 g/mol. The summed E-state index contributed by atoms with van der Waals surface area (Å²) in [5, 5.41) is 0. The second-order valence-electron chi connectivity index (χ2n) is 6.35. The molecule has 0 aliphatic carbocycles. The van der Waals surface area contributed by atoms with E-state index in [1.54, 1.807) is 17.0 Å². The van der Waals surface area contributed by atoms with Gasteiger partial charge in [0.25, 0.3) is 0 Å². The lowest BCUT2D eigenvalue weighted by Crippen LogP contribution is -2.42. The number of sulfone groups is 1. The van der Waals surface area contributed by atoms with E-state index in [9.17, 15) is 13.2 Å². The van der Waals surface area contributed by atoms with Gasteiger partial charge in [-0.15, -0.1) is 0 Å². The molecule has 26 heavy (non-hydrogen) atoms. The molecule has 0 aromatic heterocycles. The van der Waals surface area contributed by atoms with E-state index in [4.69, 9.17) is 14.2 Å². The van der Waals surface area contributed by atoms with Crippen LogP contribution in [0.4, 0.5) is 0 Å². The molecule has 0 bridgehead atoms. The summed E-state index contributed by atoms with van der Waals surface area (Å²) in [5.74, 6) is 1.55. The van der Waals surface area contributed by atoms with Crippen molar-refractivity contribution in [2.45, 2.75) is 32.2 Å². The van der Waals surface area contributed by atoms with Crippen molar-refractivity contribution in [3.63, 3.8) is 0 Å². The second kappa shape index (κ2) is 8.62. The molecule has 1 aliphatic rings. The SMILES string of the molecule is CCCN(C(=O)Cc1cc(OC)c(OC)c(OC)c1)[C@@H]1CCS(=O)(=O)C1. The van der Waals surface area contributed by atoms with Gasteiger partial charge in [-0.25, -0.2) is 8.42 Å². The van der Waals surface area contributed by atoms with Gasteiger partial charge in [0.15, 0.2) is 21.3 Å². The number of hydrogen-bond donors (Lipinski definition) is 0. The molecule has 1 aromatic rings. The van der Waals surface area contributed by atoms with Gasteiger partial charge in [-0.1, -0.05) is 6.92 Å². The van der Waals surface area contributed by atoms with Gasteiger partial charge < -0.3 is 19.1 Å². The maximum Gasteiger partial charge on any atom is 0.227 e. The number of hydrogen-bond acceptors (Lipinski definition) is 6. The number of ether oxygens (including phenoxy) is 3. The summed E-state index contributed by atoms with van der Waals surface area (Å²) in [6, 6.07) is 3.25. The van der Waals surface area contributed by atoms with E-state index in [1.807, 2.05) is 6.92 Å². The minimum absolute atomic E-state index is 0.0496. The molecule has 1 heterocycles. The highest BCUT2D eigenvalue weighted by molar-refractivity contribution is 7.91. The van der Waals surface area contributed by atoms with Gasteiger partial charge in [0.1, 0.15) is 0 Å². The molecule has 8 heteroatoms. The van der Waals surface area contributed by atoms with E-state index < -0.39 is 9.84 Å². The van der Waals surface area contributed by atoms with Gasteiger partial charge in [0, 0.05) is 12.6 Å². The molecule has 7 nitrogen and oxygen atoms in total. The van der Waals surface area contributed by atoms with Crippen molar-refractivity contribution in [2.75, 3.05) is 39.4 Å². The van der Waals surface area contributed by atoms with Crippen LogP contribution in [0.25, 0.3) is 0 Å². The maximum atomic E-state index is 12.9. The van der Waals surface area contributed by atoms with Crippen LogP contribution in [0.2, 0.25) is 0 Å². The van der Waals surface area contributed by atoms with E-state index in [0.29, 0.717) is 30.2 Å². The molecule has 0 spiro atoms. The monoisotopic (exact) mass is 385 g/mol. The highest BCUT2D eigenvalue weighted by Crippen LogP contribution is 2.38. The van der Waals surface area contributed by atoms with Crippen molar-refractivity contribution in [3.05, 3.63) is 17.7 Å². The molecule has 1 amide bonds. The van der Waals surface area contributed by atoms with Gasteiger partial charge >= 0.3 is 0 Å². The van der Waals surface area contributed by atoms with E-state index >= 15 is 0 Å². The average Bonchev–Trinajstić information content (AvgIpc) is 2.97. The minimum Gasteiger partial charge on any atom is -0.493 e. The largest absolute Gasteiger partial charge is 0.493 e. The number of carbonyl (C=O) groups is 1. The van der Waals surface area contributed by atoms with Crippen molar-refractivity contribution < 1.29 is 27.4 Å². The molecule has 1 aromatic carbocycles. The Morgan fingerprint density at radius 2 is 1.77 bits per heavy atom. The van der Waals surface area contributed by atoms with Gasteiger partial charge in [-0.3, -0.25) is 4.79 Å². The standard InChI is InChI=1S/C18H27NO6S/c1-5-7-19(14-6-8-26(21,22)12-14)17(20)11-13-9-15(23-2)18(25-4)16(10-13)24-3/h9-10,14H,5-8,11-12H2,1-4H3/t14-/m1/s1. The Labute approximate surface area is 155 Å². The minimum atomic E-state index is -3.05. The van der Waals surface area contributed by atoms with Gasteiger partial charge in [0.2, 0.25) is 11.7 Å². The summed E-state index contributed by atoms with van der Waals surface area (Å²) in [6.45, 7) is 2.52. The normalized spacial score (nSPS) is 18.4. The summed E-state index contributed by atoms with van der Waals surface area (Å²) < 4.78 is 39.5.